The van der Waals surface area contributed by atoms with Gasteiger partial charge in [-0.3, -0.25) is 14.5 Å². The molecule has 2 aromatic carbocycles. The normalized spacial score (nSPS) is 19.8. The molecule has 26 heavy (non-hydrogen) atoms. The molecule has 0 bridgehead atoms. The third-order valence-electron chi connectivity index (χ3n) is 4.31. The van der Waals surface area contributed by atoms with E-state index in [1.165, 1.54) is 0 Å². The Morgan fingerprint density at radius 2 is 1.58 bits per heavy atom. The second-order valence-electron chi connectivity index (χ2n) is 6.32. The topological polar surface area (TPSA) is 71.5 Å². The number of nitrogens with zero attached hydrogens (tertiary/aromatic N) is 1. The van der Waals surface area contributed by atoms with Gasteiger partial charge in [-0.2, -0.15) is 0 Å². The summed E-state index contributed by atoms with van der Waals surface area (Å²) in [5.41, 5.74) is 1.88. The Kier molecular flexibility index (Phi) is 5.04. The first-order valence-electron chi connectivity index (χ1n) is 8.20. The van der Waals surface area contributed by atoms with Crippen molar-refractivity contribution in [3.8, 4) is 0 Å². The Morgan fingerprint density at radius 1 is 1.00 bits per heavy atom. The zero-order valence-corrected chi connectivity index (χ0v) is 15.1. The zero-order valence-electron chi connectivity index (χ0n) is 14.3. The van der Waals surface area contributed by atoms with Crippen LogP contribution in [0.4, 0.5) is 0 Å². The van der Waals surface area contributed by atoms with Crippen molar-refractivity contribution in [1.82, 2.24) is 4.90 Å². The van der Waals surface area contributed by atoms with Gasteiger partial charge in [0.2, 0.25) is 5.91 Å². The number of sulfone groups is 1. The third kappa shape index (κ3) is 3.91. The van der Waals surface area contributed by atoms with E-state index in [1.54, 1.807) is 18.2 Å². The molecule has 0 aromatic heterocycles. The first kappa shape index (κ1) is 18.1. The van der Waals surface area contributed by atoms with Crippen LogP contribution in [0.25, 0.3) is 6.08 Å². The molecule has 1 heterocycles. The molecule has 3 rings (SSSR count). The van der Waals surface area contributed by atoms with Gasteiger partial charge in [0.05, 0.1) is 6.54 Å². The molecule has 2 aromatic rings. The summed E-state index contributed by atoms with van der Waals surface area (Å²) >= 11 is 0. The highest BCUT2D eigenvalue weighted by atomic mass is 32.2. The fourth-order valence-electron chi connectivity index (χ4n) is 2.94. The maximum Gasteiger partial charge on any atom is 0.256 e. The van der Waals surface area contributed by atoms with Gasteiger partial charge in [0.15, 0.2) is 9.84 Å². The number of hydrogen-bond acceptors (Lipinski definition) is 4. The maximum absolute atomic E-state index is 12.9. The lowest BCUT2D eigenvalue weighted by Crippen LogP contribution is -2.50. The molecule has 5 nitrogen and oxygen atoms in total. The van der Waals surface area contributed by atoms with Crippen molar-refractivity contribution in [3.63, 3.8) is 0 Å². The summed E-state index contributed by atoms with van der Waals surface area (Å²) in [6, 6.07) is 18.2. The van der Waals surface area contributed by atoms with E-state index in [1.807, 2.05) is 48.5 Å². The Morgan fingerprint density at radius 3 is 2.15 bits per heavy atom. The predicted octanol–water partition coefficient (Wildman–Crippen LogP) is 2.44. The molecule has 0 spiro atoms. The molecule has 0 aliphatic carbocycles. The SMILES string of the molecule is CS(=O)(=O)C1C/C(=C\c2ccccc2)C(=O)N(Cc2ccccc2)C1=O. The smallest absolute Gasteiger partial charge is 0.256 e. The van der Waals surface area contributed by atoms with Crippen molar-refractivity contribution < 1.29 is 18.0 Å². The quantitative estimate of drug-likeness (QED) is 0.613. The number of amides is 2. The minimum absolute atomic E-state index is 0.0522. The van der Waals surface area contributed by atoms with E-state index in [9.17, 15) is 18.0 Å². The lowest BCUT2D eigenvalue weighted by Gasteiger charge is -2.31. The molecule has 1 aliphatic rings. The van der Waals surface area contributed by atoms with Crippen molar-refractivity contribution in [2.75, 3.05) is 6.26 Å². The highest BCUT2D eigenvalue weighted by Gasteiger charge is 2.42. The van der Waals surface area contributed by atoms with Crippen molar-refractivity contribution in [2.45, 2.75) is 18.2 Å². The van der Waals surface area contributed by atoms with Crippen LogP contribution in [-0.2, 0) is 26.0 Å². The van der Waals surface area contributed by atoms with Crippen molar-refractivity contribution in [2.24, 2.45) is 0 Å². The number of imide groups is 1. The van der Waals surface area contributed by atoms with E-state index in [-0.39, 0.29) is 13.0 Å². The van der Waals surface area contributed by atoms with E-state index in [4.69, 9.17) is 0 Å². The highest BCUT2D eigenvalue weighted by molar-refractivity contribution is 7.92. The van der Waals surface area contributed by atoms with Crippen molar-refractivity contribution in [1.29, 1.82) is 0 Å². The molecule has 2 amide bonds. The minimum Gasteiger partial charge on any atom is -0.273 e. The summed E-state index contributed by atoms with van der Waals surface area (Å²) in [6.45, 7) is 0.0522. The van der Waals surface area contributed by atoms with Crippen LogP contribution in [0.15, 0.2) is 66.2 Å². The van der Waals surface area contributed by atoms with E-state index >= 15 is 0 Å². The van der Waals surface area contributed by atoms with Crippen LogP contribution in [-0.4, -0.2) is 36.6 Å². The van der Waals surface area contributed by atoms with Crippen LogP contribution < -0.4 is 0 Å². The molecule has 0 radical (unpaired) electrons. The average Bonchev–Trinajstić information content (AvgIpc) is 2.62. The largest absolute Gasteiger partial charge is 0.273 e. The Labute approximate surface area is 152 Å². The van der Waals surface area contributed by atoms with E-state index < -0.39 is 26.9 Å². The average molecular weight is 369 g/mol. The standard InChI is InChI=1S/C20H19NO4S/c1-26(24,25)18-13-17(12-15-8-4-2-5-9-15)19(22)21(20(18)23)14-16-10-6-3-7-11-16/h2-12,18H,13-14H2,1H3/b17-12+. The monoisotopic (exact) mass is 369 g/mol. The van der Waals surface area contributed by atoms with Crippen LogP contribution in [0.5, 0.6) is 0 Å². The number of hydrogen-bond donors (Lipinski definition) is 0. The van der Waals surface area contributed by atoms with Gasteiger partial charge in [0.1, 0.15) is 5.25 Å². The third-order valence-corrected chi connectivity index (χ3v) is 5.71. The summed E-state index contributed by atoms with van der Waals surface area (Å²) in [7, 11) is -3.63. The van der Waals surface area contributed by atoms with Gasteiger partial charge in [-0.25, -0.2) is 8.42 Å². The van der Waals surface area contributed by atoms with Gasteiger partial charge in [0, 0.05) is 18.2 Å². The summed E-state index contributed by atoms with van der Waals surface area (Å²) in [6.07, 6.45) is 2.59. The fraction of sp³-hybridized carbons (Fsp3) is 0.200. The Hall–Kier alpha value is -2.73. The molecule has 1 saturated heterocycles. The minimum atomic E-state index is -3.63. The van der Waals surface area contributed by atoms with Gasteiger partial charge >= 0.3 is 0 Å². The first-order valence-corrected chi connectivity index (χ1v) is 10.2. The van der Waals surface area contributed by atoms with Crippen LogP contribution in [0.1, 0.15) is 17.5 Å². The Balaban J connectivity index is 2.00. The number of likely N-dealkylation sites (tertiary alicyclic amines) is 1. The highest BCUT2D eigenvalue weighted by Crippen LogP contribution is 2.27. The second kappa shape index (κ2) is 7.25. The predicted molar refractivity (Wildman–Crippen MR) is 99.7 cm³/mol. The van der Waals surface area contributed by atoms with Crippen LogP contribution in [0.3, 0.4) is 0 Å². The lowest BCUT2D eigenvalue weighted by atomic mass is 9.99. The summed E-state index contributed by atoms with van der Waals surface area (Å²) in [4.78, 5) is 26.6. The summed E-state index contributed by atoms with van der Waals surface area (Å²) in [5, 5.41) is -1.24. The van der Waals surface area contributed by atoms with Gasteiger partial charge < -0.3 is 0 Å². The van der Waals surface area contributed by atoms with Crippen molar-refractivity contribution >= 4 is 27.7 Å². The number of carbonyl (C=O) groups excluding carboxylic acids is 2. The van der Waals surface area contributed by atoms with Gasteiger partial charge in [0.25, 0.3) is 5.91 Å². The maximum atomic E-state index is 12.9. The summed E-state index contributed by atoms with van der Waals surface area (Å²) in [5.74, 6) is -1.10. The summed E-state index contributed by atoms with van der Waals surface area (Å²) < 4.78 is 24.2. The zero-order chi connectivity index (χ0) is 18.7. The Bertz CT molecular complexity index is 950. The first-order chi connectivity index (χ1) is 12.4. The molecule has 0 saturated carbocycles. The van der Waals surface area contributed by atoms with E-state index in [2.05, 4.69) is 0 Å². The van der Waals surface area contributed by atoms with Gasteiger partial charge in [-0.05, 0) is 17.2 Å². The van der Waals surface area contributed by atoms with Crippen molar-refractivity contribution in [3.05, 3.63) is 77.4 Å². The van der Waals surface area contributed by atoms with Crippen LogP contribution in [0.2, 0.25) is 0 Å². The van der Waals surface area contributed by atoms with Gasteiger partial charge in [-0.1, -0.05) is 60.7 Å². The molecular formula is C20H19NO4S. The molecule has 1 fully saturated rings. The lowest BCUT2D eigenvalue weighted by molar-refractivity contribution is -0.145. The molecule has 1 aliphatic heterocycles. The molecule has 1 atom stereocenters. The molecular weight excluding hydrogens is 350 g/mol. The van der Waals surface area contributed by atoms with E-state index in [0.717, 1.165) is 22.3 Å². The number of carbonyl (C=O) groups is 2. The number of rotatable bonds is 4. The number of benzene rings is 2. The molecule has 134 valence electrons. The fourth-order valence-corrected chi connectivity index (χ4v) is 3.92. The molecule has 6 heteroatoms. The molecule has 1 unspecified atom stereocenters. The number of piperidine rings is 1. The van der Waals surface area contributed by atoms with Gasteiger partial charge in [-0.15, -0.1) is 0 Å². The van der Waals surface area contributed by atoms with Crippen LogP contribution in [0, 0.1) is 0 Å². The molecule has 0 N–H and O–H groups in total. The second-order valence-corrected chi connectivity index (χ2v) is 8.55. The van der Waals surface area contributed by atoms with Crippen LogP contribution >= 0.6 is 0 Å². The van der Waals surface area contributed by atoms with E-state index in [0.29, 0.717) is 5.57 Å².